The van der Waals surface area contributed by atoms with Crippen LogP contribution in [0.4, 0.5) is 0 Å². The van der Waals surface area contributed by atoms with Crippen LogP contribution < -0.4 is 0 Å². The van der Waals surface area contributed by atoms with E-state index in [0.29, 0.717) is 5.41 Å². The summed E-state index contributed by atoms with van der Waals surface area (Å²) >= 11 is 1.76. The zero-order chi connectivity index (χ0) is 9.90. The van der Waals surface area contributed by atoms with Crippen molar-refractivity contribution in [1.29, 1.82) is 0 Å². The van der Waals surface area contributed by atoms with E-state index in [9.17, 15) is 0 Å². The molecule has 13 heavy (non-hydrogen) atoms. The summed E-state index contributed by atoms with van der Waals surface area (Å²) in [7, 11) is 0. The normalized spacial score (nSPS) is 14.5. The van der Waals surface area contributed by atoms with Crippen LogP contribution in [0.15, 0.2) is 11.6 Å². The first-order chi connectivity index (χ1) is 6.00. The molecule has 0 aliphatic carbocycles. The Morgan fingerprint density at radius 1 is 1.46 bits per heavy atom. The Bertz CT molecular complexity index is 233. The fourth-order valence-corrected chi connectivity index (χ4v) is 1.79. The maximum atomic E-state index is 4.29. The molecular weight excluding hydrogens is 178 g/mol. The summed E-state index contributed by atoms with van der Waals surface area (Å²) in [6.07, 6.45) is 4.27. The summed E-state index contributed by atoms with van der Waals surface area (Å²) in [5, 5.41) is 3.33. The zero-order valence-corrected chi connectivity index (χ0v) is 9.82. The lowest BCUT2D eigenvalue weighted by Gasteiger charge is -2.26. The molecule has 1 atom stereocenters. The van der Waals surface area contributed by atoms with E-state index in [4.69, 9.17) is 0 Å². The molecule has 0 aromatic carbocycles. The second-order valence-electron chi connectivity index (χ2n) is 4.73. The lowest BCUT2D eigenvalue weighted by molar-refractivity contribution is 0.247. The Hall–Kier alpha value is -0.370. The number of rotatable bonds is 3. The molecule has 1 nitrogen and oxygen atoms in total. The standard InChI is InChI=1S/C11H19NS/c1-9(11(2,3)4)5-6-10-12-7-8-13-10/h7-9H,5-6H2,1-4H3. The highest BCUT2D eigenvalue weighted by Gasteiger charge is 2.19. The highest BCUT2D eigenvalue weighted by molar-refractivity contribution is 7.09. The molecular formula is C11H19NS. The van der Waals surface area contributed by atoms with E-state index in [-0.39, 0.29) is 0 Å². The third-order valence-electron chi connectivity index (χ3n) is 2.75. The molecule has 0 spiro atoms. The van der Waals surface area contributed by atoms with Gasteiger partial charge in [0.25, 0.3) is 0 Å². The molecule has 1 aromatic heterocycles. The number of nitrogens with zero attached hydrogens (tertiary/aromatic N) is 1. The summed E-state index contributed by atoms with van der Waals surface area (Å²) in [5.41, 5.74) is 0.428. The molecule has 1 rings (SSSR count). The van der Waals surface area contributed by atoms with Crippen molar-refractivity contribution in [2.24, 2.45) is 11.3 Å². The van der Waals surface area contributed by atoms with Gasteiger partial charge in [0.2, 0.25) is 0 Å². The van der Waals surface area contributed by atoms with Gasteiger partial charge in [0, 0.05) is 11.6 Å². The Morgan fingerprint density at radius 2 is 2.15 bits per heavy atom. The number of hydrogen-bond donors (Lipinski definition) is 0. The largest absolute Gasteiger partial charge is 0.250 e. The van der Waals surface area contributed by atoms with Gasteiger partial charge in [-0.25, -0.2) is 4.98 Å². The number of aromatic nitrogens is 1. The van der Waals surface area contributed by atoms with Crippen LogP contribution in [0.5, 0.6) is 0 Å². The molecule has 1 unspecified atom stereocenters. The Balaban J connectivity index is 2.35. The molecule has 74 valence electrons. The smallest absolute Gasteiger partial charge is 0.0924 e. The van der Waals surface area contributed by atoms with Crippen LogP contribution >= 0.6 is 11.3 Å². The lowest BCUT2D eigenvalue weighted by Crippen LogP contribution is -2.17. The first-order valence-electron chi connectivity index (χ1n) is 4.88. The van der Waals surface area contributed by atoms with Gasteiger partial charge in [0.15, 0.2) is 0 Å². The molecule has 0 saturated heterocycles. The van der Waals surface area contributed by atoms with E-state index in [0.717, 1.165) is 12.3 Å². The molecule has 0 amide bonds. The number of aryl methyl sites for hydroxylation is 1. The fourth-order valence-electron chi connectivity index (χ4n) is 1.15. The minimum Gasteiger partial charge on any atom is -0.250 e. The number of hydrogen-bond acceptors (Lipinski definition) is 2. The van der Waals surface area contributed by atoms with Crippen LogP contribution in [0.1, 0.15) is 39.1 Å². The van der Waals surface area contributed by atoms with Gasteiger partial charge in [-0.15, -0.1) is 11.3 Å². The van der Waals surface area contributed by atoms with Crippen LogP contribution in [0.25, 0.3) is 0 Å². The van der Waals surface area contributed by atoms with Gasteiger partial charge in [-0.2, -0.15) is 0 Å². The molecule has 1 aromatic rings. The highest BCUT2D eigenvalue weighted by Crippen LogP contribution is 2.29. The summed E-state index contributed by atoms with van der Waals surface area (Å²) < 4.78 is 0. The van der Waals surface area contributed by atoms with Gasteiger partial charge in [0.05, 0.1) is 5.01 Å². The van der Waals surface area contributed by atoms with Crippen LogP contribution in [0.3, 0.4) is 0 Å². The van der Waals surface area contributed by atoms with E-state index in [1.165, 1.54) is 11.4 Å². The molecule has 0 aliphatic heterocycles. The molecule has 0 saturated carbocycles. The van der Waals surface area contributed by atoms with E-state index < -0.39 is 0 Å². The van der Waals surface area contributed by atoms with Crippen molar-refractivity contribution in [1.82, 2.24) is 4.98 Å². The monoisotopic (exact) mass is 197 g/mol. The summed E-state index contributed by atoms with van der Waals surface area (Å²) in [6, 6.07) is 0. The topological polar surface area (TPSA) is 12.9 Å². The van der Waals surface area contributed by atoms with Crippen molar-refractivity contribution >= 4 is 11.3 Å². The zero-order valence-electron chi connectivity index (χ0n) is 9.00. The second kappa shape index (κ2) is 4.23. The van der Waals surface area contributed by atoms with Crippen molar-refractivity contribution in [3.8, 4) is 0 Å². The van der Waals surface area contributed by atoms with E-state index >= 15 is 0 Å². The quantitative estimate of drug-likeness (QED) is 0.719. The minimum atomic E-state index is 0.428. The SMILES string of the molecule is CC(CCc1nccs1)C(C)(C)C. The van der Waals surface area contributed by atoms with Gasteiger partial charge in [-0.1, -0.05) is 27.7 Å². The van der Waals surface area contributed by atoms with E-state index in [1.807, 2.05) is 6.20 Å². The molecule has 2 heteroatoms. The highest BCUT2D eigenvalue weighted by atomic mass is 32.1. The van der Waals surface area contributed by atoms with Crippen molar-refractivity contribution in [3.63, 3.8) is 0 Å². The molecule has 0 aliphatic rings. The summed E-state index contributed by atoms with van der Waals surface area (Å²) in [5.74, 6) is 0.761. The maximum Gasteiger partial charge on any atom is 0.0924 e. The molecule has 1 heterocycles. The summed E-state index contributed by atoms with van der Waals surface area (Å²) in [4.78, 5) is 4.29. The van der Waals surface area contributed by atoms with Crippen LogP contribution in [-0.2, 0) is 6.42 Å². The van der Waals surface area contributed by atoms with Gasteiger partial charge < -0.3 is 0 Å². The molecule has 0 bridgehead atoms. The predicted molar refractivity (Wildman–Crippen MR) is 59.1 cm³/mol. The minimum absolute atomic E-state index is 0.428. The van der Waals surface area contributed by atoms with Crippen molar-refractivity contribution in [2.45, 2.75) is 40.5 Å². The molecule has 0 fully saturated rings. The van der Waals surface area contributed by atoms with Crippen molar-refractivity contribution in [3.05, 3.63) is 16.6 Å². The summed E-state index contributed by atoms with van der Waals surface area (Å²) in [6.45, 7) is 9.24. The third kappa shape index (κ3) is 3.47. The molecule has 0 radical (unpaired) electrons. The lowest BCUT2D eigenvalue weighted by atomic mass is 9.79. The van der Waals surface area contributed by atoms with Gasteiger partial charge in [-0.3, -0.25) is 0 Å². The fraction of sp³-hybridized carbons (Fsp3) is 0.727. The number of thiazole rings is 1. The van der Waals surface area contributed by atoms with Gasteiger partial charge >= 0.3 is 0 Å². The average molecular weight is 197 g/mol. The Labute approximate surface area is 85.2 Å². The maximum absolute atomic E-state index is 4.29. The van der Waals surface area contributed by atoms with E-state index in [1.54, 1.807) is 11.3 Å². The second-order valence-corrected chi connectivity index (χ2v) is 5.71. The van der Waals surface area contributed by atoms with Crippen LogP contribution in [0.2, 0.25) is 0 Å². The Morgan fingerprint density at radius 3 is 2.62 bits per heavy atom. The van der Waals surface area contributed by atoms with Gasteiger partial charge in [0.1, 0.15) is 0 Å². The first-order valence-corrected chi connectivity index (χ1v) is 5.76. The van der Waals surface area contributed by atoms with Crippen LogP contribution in [0, 0.1) is 11.3 Å². The Kier molecular flexibility index (Phi) is 3.48. The average Bonchev–Trinajstić information content (AvgIpc) is 2.50. The predicted octanol–water partition coefficient (Wildman–Crippen LogP) is 3.76. The molecule has 0 N–H and O–H groups in total. The van der Waals surface area contributed by atoms with Crippen molar-refractivity contribution in [2.75, 3.05) is 0 Å². The van der Waals surface area contributed by atoms with E-state index in [2.05, 4.69) is 38.1 Å². The van der Waals surface area contributed by atoms with Crippen LogP contribution in [-0.4, -0.2) is 4.98 Å². The van der Waals surface area contributed by atoms with Gasteiger partial charge in [-0.05, 0) is 24.2 Å². The van der Waals surface area contributed by atoms with Crippen molar-refractivity contribution < 1.29 is 0 Å². The third-order valence-corrected chi connectivity index (χ3v) is 3.59. The first kappa shape index (κ1) is 10.7.